The Hall–Kier alpha value is -3.62. The van der Waals surface area contributed by atoms with Crippen LogP contribution in [0.5, 0.6) is 11.5 Å². The van der Waals surface area contributed by atoms with E-state index in [-0.39, 0.29) is 31.3 Å². The fourth-order valence-corrected chi connectivity index (χ4v) is 3.68. The van der Waals surface area contributed by atoms with Crippen molar-refractivity contribution in [1.29, 1.82) is 0 Å². The van der Waals surface area contributed by atoms with Crippen LogP contribution in [0.3, 0.4) is 0 Å². The molecule has 1 atom stereocenters. The SMILES string of the molecule is CC(C)NC(=O)N(C)CC(=O)N1N=C(c2ccccc2F)CC1c1ccc2c(c1)OCO2. The largest absolute Gasteiger partial charge is 0.454 e. The van der Waals surface area contributed by atoms with Gasteiger partial charge in [0.2, 0.25) is 6.79 Å². The molecule has 0 bridgehead atoms. The first-order valence-corrected chi connectivity index (χ1v) is 10.4. The second-order valence-electron chi connectivity index (χ2n) is 8.06. The highest BCUT2D eigenvalue weighted by Gasteiger charge is 2.35. The van der Waals surface area contributed by atoms with E-state index in [2.05, 4.69) is 10.4 Å². The van der Waals surface area contributed by atoms with Crippen molar-refractivity contribution in [3.63, 3.8) is 0 Å². The molecule has 1 unspecified atom stereocenters. The molecule has 0 aromatic heterocycles. The number of fused-ring (bicyclic) bond motifs is 1. The molecular weight excluding hydrogens is 415 g/mol. The highest BCUT2D eigenvalue weighted by Crippen LogP contribution is 2.39. The molecule has 8 nitrogen and oxygen atoms in total. The summed E-state index contributed by atoms with van der Waals surface area (Å²) in [5.74, 6) is 0.437. The van der Waals surface area contributed by atoms with Crippen molar-refractivity contribution in [1.82, 2.24) is 15.2 Å². The summed E-state index contributed by atoms with van der Waals surface area (Å²) in [4.78, 5) is 26.7. The number of halogens is 1. The van der Waals surface area contributed by atoms with Crippen LogP contribution in [0.15, 0.2) is 47.6 Å². The van der Waals surface area contributed by atoms with Crippen molar-refractivity contribution < 1.29 is 23.5 Å². The van der Waals surface area contributed by atoms with E-state index in [1.165, 1.54) is 16.0 Å². The van der Waals surface area contributed by atoms with Crippen LogP contribution in [-0.4, -0.2) is 54.0 Å². The zero-order valence-corrected chi connectivity index (χ0v) is 18.2. The van der Waals surface area contributed by atoms with Crippen LogP contribution in [0.2, 0.25) is 0 Å². The van der Waals surface area contributed by atoms with Crippen LogP contribution >= 0.6 is 0 Å². The molecule has 0 radical (unpaired) electrons. The number of benzene rings is 2. The average Bonchev–Trinajstić information content (AvgIpc) is 3.40. The quantitative estimate of drug-likeness (QED) is 0.774. The Morgan fingerprint density at radius 3 is 2.72 bits per heavy atom. The Balaban J connectivity index is 1.62. The van der Waals surface area contributed by atoms with E-state index in [0.717, 1.165) is 5.56 Å². The van der Waals surface area contributed by atoms with Crippen molar-refractivity contribution in [3.05, 3.63) is 59.4 Å². The van der Waals surface area contributed by atoms with Gasteiger partial charge in [0.05, 0.1) is 11.8 Å². The van der Waals surface area contributed by atoms with Gasteiger partial charge in [-0.2, -0.15) is 5.10 Å². The zero-order valence-electron chi connectivity index (χ0n) is 18.2. The van der Waals surface area contributed by atoms with Gasteiger partial charge in [0.15, 0.2) is 11.5 Å². The molecule has 1 N–H and O–H groups in total. The van der Waals surface area contributed by atoms with E-state index < -0.39 is 11.9 Å². The summed E-state index contributed by atoms with van der Waals surface area (Å²) in [6.45, 7) is 3.65. The number of hydrogen-bond donors (Lipinski definition) is 1. The summed E-state index contributed by atoms with van der Waals surface area (Å²) in [6.07, 6.45) is 0.328. The number of likely N-dealkylation sites (N-methyl/N-ethyl adjacent to an activating group) is 1. The third-order valence-corrected chi connectivity index (χ3v) is 5.26. The van der Waals surface area contributed by atoms with Crippen LogP contribution in [0, 0.1) is 5.82 Å². The van der Waals surface area contributed by atoms with Gasteiger partial charge in [0.1, 0.15) is 12.4 Å². The van der Waals surface area contributed by atoms with Crippen molar-refractivity contribution in [3.8, 4) is 11.5 Å². The molecular formula is C23H25FN4O4. The van der Waals surface area contributed by atoms with Gasteiger partial charge in [0.25, 0.3) is 5.91 Å². The predicted octanol–water partition coefficient (Wildman–Crippen LogP) is 3.28. The highest BCUT2D eigenvalue weighted by molar-refractivity contribution is 6.03. The lowest BCUT2D eigenvalue weighted by Crippen LogP contribution is -2.45. The molecule has 4 rings (SSSR count). The molecule has 2 aromatic rings. The molecule has 2 aromatic carbocycles. The molecule has 2 heterocycles. The zero-order chi connectivity index (χ0) is 22.8. The van der Waals surface area contributed by atoms with Gasteiger partial charge in [-0.1, -0.05) is 24.3 Å². The van der Waals surface area contributed by atoms with E-state index >= 15 is 0 Å². The molecule has 0 saturated carbocycles. The third kappa shape index (κ3) is 4.37. The minimum absolute atomic E-state index is 0.0566. The minimum Gasteiger partial charge on any atom is -0.454 e. The topological polar surface area (TPSA) is 83.5 Å². The number of urea groups is 1. The Kier molecular flexibility index (Phi) is 5.98. The maximum absolute atomic E-state index is 14.4. The summed E-state index contributed by atoms with van der Waals surface area (Å²) < 4.78 is 25.3. The van der Waals surface area contributed by atoms with Crippen molar-refractivity contribution >= 4 is 17.6 Å². The molecule has 0 saturated heterocycles. The van der Waals surface area contributed by atoms with Gasteiger partial charge >= 0.3 is 6.03 Å². The molecule has 0 spiro atoms. The number of carbonyl (C=O) groups excluding carboxylic acids is 2. The Morgan fingerprint density at radius 1 is 1.22 bits per heavy atom. The molecule has 0 fully saturated rings. The maximum Gasteiger partial charge on any atom is 0.317 e. The van der Waals surface area contributed by atoms with E-state index in [9.17, 15) is 14.0 Å². The summed E-state index contributed by atoms with van der Waals surface area (Å²) in [5, 5.41) is 8.56. The summed E-state index contributed by atoms with van der Waals surface area (Å²) in [5.41, 5.74) is 1.60. The van der Waals surface area contributed by atoms with Gasteiger partial charge in [-0.05, 0) is 37.6 Å². The predicted molar refractivity (Wildman–Crippen MR) is 116 cm³/mol. The second-order valence-corrected chi connectivity index (χ2v) is 8.06. The van der Waals surface area contributed by atoms with Crippen molar-refractivity contribution in [2.75, 3.05) is 20.4 Å². The third-order valence-electron chi connectivity index (χ3n) is 5.26. The molecule has 2 aliphatic rings. The van der Waals surface area contributed by atoms with Gasteiger partial charge in [-0.15, -0.1) is 0 Å². The monoisotopic (exact) mass is 440 g/mol. The number of hydrazone groups is 1. The summed E-state index contributed by atoms with van der Waals surface area (Å²) in [7, 11) is 1.54. The number of rotatable bonds is 5. The van der Waals surface area contributed by atoms with Crippen molar-refractivity contribution in [2.45, 2.75) is 32.4 Å². The number of amides is 3. The lowest BCUT2D eigenvalue weighted by Gasteiger charge is -2.25. The van der Waals surface area contributed by atoms with Crippen LogP contribution in [0.1, 0.15) is 37.4 Å². The fraction of sp³-hybridized carbons (Fsp3) is 0.348. The lowest BCUT2D eigenvalue weighted by atomic mass is 9.97. The fourth-order valence-electron chi connectivity index (χ4n) is 3.68. The first-order valence-electron chi connectivity index (χ1n) is 10.4. The van der Waals surface area contributed by atoms with E-state index in [0.29, 0.717) is 29.2 Å². The standard InChI is InChI=1S/C23H25FN4O4/c1-14(2)25-23(30)27(3)12-22(29)28-19(15-8-9-20-21(10-15)32-13-31-20)11-18(26-28)16-6-4-5-7-17(16)24/h4-10,14,19H,11-13H2,1-3H3,(H,25,30). The summed E-state index contributed by atoms with van der Waals surface area (Å²) >= 11 is 0. The first-order chi connectivity index (χ1) is 15.3. The molecule has 168 valence electrons. The van der Waals surface area contributed by atoms with E-state index in [1.807, 2.05) is 26.0 Å². The van der Waals surface area contributed by atoms with Crippen LogP contribution in [0.25, 0.3) is 0 Å². The Morgan fingerprint density at radius 2 is 1.97 bits per heavy atom. The smallest absolute Gasteiger partial charge is 0.317 e. The van der Waals surface area contributed by atoms with Crippen LogP contribution in [-0.2, 0) is 4.79 Å². The molecule has 2 aliphatic heterocycles. The molecule has 3 amide bonds. The normalized spacial score (nSPS) is 16.8. The lowest BCUT2D eigenvalue weighted by molar-refractivity contribution is -0.133. The van der Waals surface area contributed by atoms with Gasteiger partial charge in [-0.25, -0.2) is 14.2 Å². The van der Waals surface area contributed by atoms with E-state index in [4.69, 9.17) is 9.47 Å². The minimum atomic E-state index is -0.465. The summed E-state index contributed by atoms with van der Waals surface area (Å²) in [6, 6.07) is 10.9. The first kappa shape index (κ1) is 21.6. The van der Waals surface area contributed by atoms with E-state index in [1.54, 1.807) is 31.3 Å². The van der Waals surface area contributed by atoms with Crippen LogP contribution < -0.4 is 14.8 Å². The molecule has 32 heavy (non-hydrogen) atoms. The van der Waals surface area contributed by atoms with Crippen LogP contribution in [0.4, 0.5) is 9.18 Å². The molecule has 0 aliphatic carbocycles. The Labute approximate surface area is 185 Å². The average molecular weight is 440 g/mol. The number of hydrogen-bond acceptors (Lipinski definition) is 5. The van der Waals surface area contributed by atoms with Gasteiger partial charge < -0.3 is 19.7 Å². The Bertz CT molecular complexity index is 1070. The number of nitrogens with one attached hydrogen (secondary N) is 1. The maximum atomic E-state index is 14.4. The van der Waals surface area contributed by atoms with Gasteiger partial charge in [0, 0.05) is 25.1 Å². The number of ether oxygens (including phenoxy) is 2. The number of carbonyl (C=O) groups is 2. The molecule has 9 heteroatoms. The van der Waals surface area contributed by atoms with Gasteiger partial charge in [-0.3, -0.25) is 4.79 Å². The number of nitrogens with zero attached hydrogens (tertiary/aromatic N) is 3. The highest BCUT2D eigenvalue weighted by atomic mass is 19.1. The van der Waals surface area contributed by atoms with Crippen molar-refractivity contribution in [2.24, 2.45) is 5.10 Å². The second kappa shape index (κ2) is 8.86.